The van der Waals surface area contributed by atoms with Crippen LogP contribution in [0.25, 0.3) is 0 Å². The van der Waals surface area contributed by atoms with E-state index in [1.807, 2.05) is 24.3 Å². The maximum absolute atomic E-state index is 9.96. The lowest BCUT2D eigenvalue weighted by Crippen LogP contribution is -2.09. The van der Waals surface area contributed by atoms with Crippen molar-refractivity contribution in [3.8, 4) is 0 Å². The van der Waals surface area contributed by atoms with E-state index >= 15 is 0 Å². The second-order valence-electron chi connectivity index (χ2n) is 3.40. The van der Waals surface area contributed by atoms with Crippen molar-refractivity contribution in [1.82, 2.24) is 0 Å². The molecule has 0 fully saturated rings. The molecule has 0 aromatic heterocycles. The molecule has 0 saturated heterocycles. The minimum absolute atomic E-state index is 0.339. The fourth-order valence-corrected chi connectivity index (χ4v) is 1.16. The lowest BCUT2D eigenvalue weighted by molar-refractivity contribution is -0.129. The molecule has 0 bridgehead atoms. The molecular formula is C11H15NO2. The second-order valence-corrected chi connectivity index (χ2v) is 3.40. The summed E-state index contributed by atoms with van der Waals surface area (Å²) in [6.07, 6.45) is 0. The molecule has 0 heterocycles. The van der Waals surface area contributed by atoms with Crippen molar-refractivity contribution in [2.24, 2.45) is 0 Å². The Balaban J connectivity index is 2.54. The van der Waals surface area contributed by atoms with E-state index in [1.165, 1.54) is 0 Å². The minimum atomic E-state index is 0.339. The van der Waals surface area contributed by atoms with Gasteiger partial charge in [0.15, 0.2) is 0 Å². The Hall–Kier alpha value is -1.51. The Morgan fingerprint density at radius 2 is 2.00 bits per heavy atom. The molecule has 0 atom stereocenters. The van der Waals surface area contributed by atoms with Crippen LogP contribution in [0.15, 0.2) is 24.3 Å². The zero-order valence-electron chi connectivity index (χ0n) is 8.49. The monoisotopic (exact) mass is 193 g/mol. The first-order chi connectivity index (χ1) is 6.72. The molecule has 0 aliphatic rings. The van der Waals surface area contributed by atoms with E-state index in [1.54, 1.807) is 0 Å². The number of ether oxygens (including phenoxy) is 1. The average molecular weight is 193 g/mol. The molecule has 3 heteroatoms. The molecule has 0 unspecified atom stereocenters. The molecule has 76 valence electrons. The molecule has 0 aliphatic heterocycles. The molecule has 0 radical (unpaired) electrons. The number of benzene rings is 1. The fraction of sp³-hybridized carbons (Fsp3) is 0.364. The number of carbonyl (C=O) groups is 1. The highest BCUT2D eigenvalue weighted by molar-refractivity contribution is 5.45. The largest absolute Gasteiger partial charge is 0.463 e. The first kappa shape index (κ1) is 10.6. The van der Waals surface area contributed by atoms with Crippen molar-refractivity contribution >= 4 is 12.2 Å². The lowest BCUT2D eigenvalue weighted by Gasteiger charge is -2.10. The van der Waals surface area contributed by atoms with Gasteiger partial charge >= 0.3 is 0 Å². The van der Waals surface area contributed by atoms with Crippen molar-refractivity contribution in [3.63, 3.8) is 0 Å². The van der Waals surface area contributed by atoms with Gasteiger partial charge in [0.1, 0.15) is 6.61 Å². The molecule has 0 aliphatic carbocycles. The summed E-state index contributed by atoms with van der Waals surface area (Å²) in [5.41, 5.74) is 2.07. The van der Waals surface area contributed by atoms with Gasteiger partial charge in [0, 0.05) is 11.7 Å². The van der Waals surface area contributed by atoms with Gasteiger partial charge in [0.05, 0.1) is 0 Å². The Labute approximate surface area is 84.1 Å². The third kappa shape index (κ3) is 3.47. The van der Waals surface area contributed by atoms with Crippen LogP contribution in [0.2, 0.25) is 0 Å². The molecule has 1 rings (SSSR count). The second kappa shape index (κ2) is 5.27. The molecule has 0 saturated carbocycles. The topological polar surface area (TPSA) is 38.3 Å². The Morgan fingerprint density at radius 1 is 1.36 bits per heavy atom. The van der Waals surface area contributed by atoms with Gasteiger partial charge in [-0.1, -0.05) is 12.1 Å². The summed E-state index contributed by atoms with van der Waals surface area (Å²) < 4.78 is 4.64. The van der Waals surface area contributed by atoms with Gasteiger partial charge in [0.25, 0.3) is 6.47 Å². The minimum Gasteiger partial charge on any atom is -0.463 e. The van der Waals surface area contributed by atoms with Gasteiger partial charge < -0.3 is 10.1 Å². The predicted molar refractivity (Wildman–Crippen MR) is 56.1 cm³/mol. The van der Waals surface area contributed by atoms with Crippen molar-refractivity contribution < 1.29 is 9.53 Å². The SMILES string of the molecule is CC(C)Nc1ccc(COC=O)cc1. The van der Waals surface area contributed by atoms with E-state index in [0.29, 0.717) is 19.1 Å². The molecule has 3 nitrogen and oxygen atoms in total. The van der Waals surface area contributed by atoms with Crippen LogP contribution in [0.1, 0.15) is 19.4 Å². The number of anilines is 1. The average Bonchev–Trinajstić information content (AvgIpc) is 2.16. The van der Waals surface area contributed by atoms with Crippen LogP contribution in [-0.4, -0.2) is 12.5 Å². The van der Waals surface area contributed by atoms with Gasteiger partial charge in [0.2, 0.25) is 0 Å². The highest BCUT2D eigenvalue weighted by atomic mass is 16.5. The smallest absolute Gasteiger partial charge is 0.293 e. The standard InChI is InChI=1S/C11H15NO2/c1-9(2)12-11-5-3-10(4-6-11)7-14-8-13/h3-6,8-9,12H,7H2,1-2H3. The van der Waals surface area contributed by atoms with Crippen molar-refractivity contribution in [3.05, 3.63) is 29.8 Å². The molecular weight excluding hydrogens is 178 g/mol. The van der Waals surface area contributed by atoms with Crippen LogP contribution >= 0.6 is 0 Å². The molecule has 0 amide bonds. The number of hydrogen-bond donors (Lipinski definition) is 1. The van der Waals surface area contributed by atoms with Crippen LogP contribution in [0.4, 0.5) is 5.69 Å². The molecule has 1 aromatic carbocycles. The van der Waals surface area contributed by atoms with Gasteiger partial charge in [-0.15, -0.1) is 0 Å². The van der Waals surface area contributed by atoms with Gasteiger partial charge in [-0.3, -0.25) is 4.79 Å². The number of nitrogens with one attached hydrogen (secondary N) is 1. The third-order valence-corrected chi connectivity index (χ3v) is 1.73. The Bertz CT molecular complexity index is 280. The van der Waals surface area contributed by atoms with Crippen molar-refractivity contribution in [1.29, 1.82) is 0 Å². The van der Waals surface area contributed by atoms with Crippen molar-refractivity contribution in [2.75, 3.05) is 5.32 Å². The molecule has 14 heavy (non-hydrogen) atoms. The van der Waals surface area contributed by atoms with E-state index in [4.69, 9.17) is 0 Å². The first-order valence-corrected chi connectivity index (χ1v) is 4.63. The number of carbonyl (C=O) groups excluding carboxylic acids is 1. The van der Waals surface area contributed by atoms with Gasteiger partial charge in [-0.05, 0) is 31.5 Å². The van der Waals surface area contributed by atoms with Crippen LogP contribution in [-0.2, 0) is 16.1 Å². The normalized spacial score (nSPS) is 9.93. The van der Waals surface area contributed by atoms with Crippen LogP contribution in [0.3, 0.4) is 0 Å². The Kier molecular flexibility index (Phi) is 3.98. The summed E-state index contributed by atoms with van der Waals surface area (Å²) >= 11 is 0. The zero-order chi connectivity index (χ0) is 10.4. The summed E-state index contributed by atoms with van der Waals surface area (Å²) in [5.74, 6) is 0. The van der Waals surface area contributed by atoms with E-state index < -0.39 is 0 Å². The first-order valence-electron chi connectivity index (χ1n) is 4.63. The Morgan fingerprint density at radius 3 is 2.50 bits per heavy atom. The predicted octanol–water partition coefficient (Wildman–Crippen LogP) is 2.18. The van der Waals surface area contributed by atoms with Crippen LogP contribution < -0.4 is 5.32 Å². The summed E-state index contributed by atoms with van der Waals surface area (Å²) in [4.78, 5) is 9.96. The van der Waals surface area contributed by atoms with Crippen molar-refractivity contribution in [2.45, 2.75) is 26.5 Å². The van der Waals surface area contributed by atoms with Gasteiger partial charge in [-0.25, -0.2) is 0 Å². The molecule has 0 spiro atoms. The quantitative estimate of drug-likeness (QED) is 0.728. The zero-order valence-corrected chi connectivity index (χ0v) is 8.49. The highest BCUT2D eigenvalue weighted by Gasteiger charge is 1.96. The van der Waals surface area contributed by atoms with Crippen LogP contribution in [0, 0.1) is 0 Å². The van der Waals surface area contributed by atoms with E-state index in [9.17, 15) is 4.79 Å². The van der Waals surface area contributed by atoms with Gasteiger partial charge in [-0.2, -0.15) is 0 Å². The number of hydrogen-bond acceptors (Lipinski definition) is 3. The summed E-state index contributed by atoms with van der Waals surface area (Å²) in [7, 11) is 0. The molecule has 1 N–H and O–H groups in total. The maximum atomic E-state index is 9.96. The van der Waals surface area contributed by atoms with E-state index in [-0.39, 0.29) is 0 Å². The summed E-state index contributed by atoms with van der Waals surface area (Å²) in [6, 6.07) is 8.25. The fourth-order valence-electron chi connectivity index (χ4n) is 1.16. The summed E-state index contributed by atoms with van der Waals surface area (Å²) in [6.45, 7) is 4.97. The van der Waals surface area contributed by atoms with Crippen LogP contribution in [0.5, 0.6) is 0 Å². The maximum Gasteiger partial charge on any atom is 0.293 e. The molecule has 1 aromatic rings. The van der Waals surface area contributed by atoms with E-state index in [0.717, 1.165) is 11.3 Å². The lowest BCUT2D eigenvalue weighted by atomic mass is 10.2. The highest BCUT2D eigenvalue weighted by Crippen LogP contribution is 2.11. The number of rotatable bonds is 5. The third-order valence-electron chi connectivity index (χ3n) is 1.73. The summed E-state index contributed by atoms with van der Waals surface area (Å²) in [5, 5.41) is 3.28. The van der Waals surface area contributed by atoms with E-state index in [2.05, 4.69) is 23.9 Å².